The van der Waals surface area contributed by atoms with E-state index < -0.39 is 23.5 Å². The number of rotatable bonds is 8. The lowest BCUT2D eigenvalue weighted by atomic mass is 9.95. The summed E-state index contributed by atoms with van der Waals surface area (Å²) in [7, 11) is 3.00. The standard InChI is InChI=1S/C26H22N2O7S/c1-4-34-15-8-9-16-20(13-15)36-26(27-16)28-22(14-7-10-17(32-2)19(12-14)33-3)21(24(30)25(28)31)23(29)18-6-5-11-35-18/h5-13,22,30H,4H2,1-3H3. The topological polar surface area (TPSA) is 111 Å². The Hall–Kier alpha value is -4.31. The first kappa shape index (κ1) is 23.4. The van der Waals surface area contributed by atoms with Crippen LogP contribution in [0.25, 0.3) is 10.2 Å². The highest BCUT2D eigenvalue weighted by molar-refractivity contribution is 7.22. The minimum Gasteiger partial charge on any atom is -0.503 e. The number of carbonyl (C=O) groups is 2. The van der Waals surface area contributed by atoms with Gasteiger partial charge in [0.05, 0.1) is 48.9 Å². The van der Waals surface area contributed by atoms with Gasteiger partial charge in [0.2, 0.25) is 5.78 Å². The smallest absolute Gasteiger partial charge is 0.296 e. The summed E-state index contributed by atoms with van der Waals surface area (Å²) in [6.45, 7) is 2.41. The number of aliphatic hydroxyl groups is 1. The van der Waals surface area contributed by atoms with Gasteiger partial charge in [0, 0.05) is 0 Å². The van der Waals surface area contributed by atoms with Crippen LogP contribution in [0, 0.1) is 0 Å². The first-order valence-corrected chi connectivity index (χ1v) is 11.9. The van der Waals surface area contributed by atoms with Gasteiger partial charge in [-0.1, -0.05) is 17.4 Å². The van der Waals surface area contributed by atoms with Crippen molar-refractivity contribution in [2.45, 2.75) is 13.0 Å². The molecule has 10 heteroatoms. The van der Waals surface area contributed by atoms with E-state index in [1.54, 1.807) is 36.4 Å². The zero-order valence-corrected chi connectivity index (χ0v) is 20.5. The number of ketones is 1. The molecule has 1 atom stereocenters. The predicted molar refractivity (Wildman–Crippen MR) is 133 cm³/mol. The molecule has 1 N–H and O–H groups in total. The molecule has 1 aliphatic rings. The van der Waals surface area contributed by atoms with Gasteiger partial charge in [-0.05, 0) is 55.0 Å². The van der Waals surface area contributed by atoms with E-state index in [0.29, 0.717) is 40.1 Å². The molecular weight excluding hydrogens is 484 g/mol. The molecule has 36 heavy (non-hydrogen) atoms. The van der Waals surface area contributed by atoms with Gasteiger partial charge in [-0.3, -0.25) is 14.5 Å². The van der Waals surface area contributed by atoms with Crippen LogP contribution in [0.2, 0.25) is 0 Å². The van der Waals surface area contributed by atoms with Crippen molar-refractivity contribution < 1.29 is 33.3 Å². The van der Waals surface area contributed by atoms with Crippen LogP contribution in [-0.4, -0.2) is 42.6 Å². The summed E-state index contributed by atoms with van der Waals surface area (Å²) in [4.78, 5) is 32.8. The Kier molecular flexibility index (Phi) is 6.11. The Bertz CT molecular complexity index is 1490. The minimum atomic E-state index is -0.984. The summed E-state index contributed by atoms with van der Waals surface area (Å²) in [6.07, 6.45) is 1.36. The number of methoxy groups -OCH3 is 2. The summed E-state index contributed by atoms with van der Waals surface area (Å²) < 4.78 is 22.4. The molecule has 0 fully saturated rings. The maximum atomic E-state index is 13.4. The molecule has 0 aliphatic carbocycles. The van der Waals surface area contributed by atoms with Crippen LogP contribution in [0.15, 0.2) is 70.5 Å². The second-order valence-corrected chi connectivity index (χ2v) is 8.83. The Balaban J connectivity index is 1.67. The second kappa shape index (κ2) is 9.38. The van der Waals surface area contributed by atoms with E-state index in [4.69, 9.17) is 18.6 Å². The summed E-state index contributed by atoms with van der Waals surface area (Å²) >= 11 is 1.25. The lowest BCUT2D eigenvalue weighted by molar-refractivity contribution is -0.117. The minimum absolute atomic E-state index is 0.00216. The normalized spacial score (nSPS) is 15.6. The number of nitrogens with zero attached hydrogens (tertiary/aromatic N) is 2. The fraction of sp³-hybridized carbons (Fsp3) is 0.192. The number of hydrogen-bond donors (Lipinski definition) is 1. The lowest BCUT2D eigenvalue weighted by Crippen LogP contribution is -2.31. The quantitative estimate of drug-likeness (QED) is 0.329. The highest BCUT2D eigenvalue weighted by Gasteiger charge is 2.46. The largest absolute Gasteiger partial charge is 0.503 e. The van der Waals surface area contributed by atoms with E-state index in [2.05, 4.69) is 4.98 Å². The number of amides is 1. The summed E-state index contributed by atoms with van der Waals surface area (Å²) in [5.74, 6) is -0.439. The number of fused-ring (bicyclic) bond motifs is 1. The first-order chi connectivity index (χ1) is 17.5. The molecule has 1 unspecified atom stereocenters. The molecule has 0 saturated heterocycles. The molecule has 0 radical (unpaired) electrons. The van der Waals surface area contributed by atoms with Crippen molar-refractivity contribution in [3.05, 3.63) is 77.5 Å². The zero-order chi connectivity index (χ0) is 25.4. The molecule has 5 rings (SSSR count). The average Bonchev–Trinajstić information content (AvgIpc) is 3.62. The average molecular weight is 507 g/mol. The number of hydrogen-bond acceptors (Lipinski definition) is 9. The third-order valence-corrected chi connectivity index (χ3v) is 6.80. The molecule has 4 aromatic rings. The molecule has 2 aromatic carbocycles. The number of ether oxygens (including phenoxy) is 3. The Morgan fingerprint density at radius 2 is 1.94 bits per heavy atom. The van der Waals surface area contributed by atoms with Gasteiger partial charge in [0.15, 0.2) is 28.1 Å². The molecule has 3 heterocycles. The Morgan fingerprint density at radius 1 is 1.14 bits per heavy atom. The van der Waals surface area contributed by atoms with E-state index in [-0.39, 0.29) is 11.3 Å². The predicted octanol–water partition coefficient (Wildman–Crippen LogP) is 5.09. The number of thiazole rings is 1. The fourth-order valence-corrected chi connectivity index (χ4v) is 5.19. The van der Waals surface area contributed by atoms with Crippen LogP contribution in [0.5, 0.6) is 17.2 Å². The van der Waals surface area contributed by atoms with Crippen molar-refractivity contribution in [1.29, 1.82) is 0 Å². The van der Waals surface area contributed by atoms with Gasteiger partial charge >= 0.3 is 0 Å². The number of aromatic nitrogens is 1. The van der Waals surface area contributed by atoms with Crippen LogP contribution >= 0.6 is 11.3 Å². The highest BCUT2D eigenvalue weighted by Crippen LogP contribution is 2.46. The van der Waals surface area contributed by atoms with Gasteiger partial charge in [-0.15, -0.1) is 0 Å². The van der Waals surface area contributed by atoms with Crippen molar-refractivity contribution in [2.75, 3.05) is 25.7 Å². The Labute approximate surface area is 210 Å². The van der Waals surface area contributed by atoms with E-state index in [9.17, 15) is 14.7 Å². The number of furan rings is 1. The van der Waals surface area contributed by atoms with Crippen LogP contribution in [0.1, 0.15) is 29.1 Å². The molecule has 0 spiro atoms. The van der Waals surface area contributed by atoms with E-state index in [0.717, 1.165) is 4.70 Å². The van der Waals surface area contributed by atoms with Gasteiger partial charge in [0.1, 0.15) is 5.75 Å². The number of carbonyl (C=O) groups excluding carboxylic acids is 2. The first-order valence-electron chi connectivity index (χ1n) is 11.1. The molecule has 9 nitrogen and oxygen atoms in total. The molecule has 0 bridgehead atoms. The van der Waals surface area contributed by atoms with E-state index in [1.807, 2.05) is 13.0 Å². The summed E-state index contributed by atoms with van der Waals surface area (Å²) in [5.41, 5.74) is 1.06. The third kappa shape index (κ3) is 3.85. The van der Waals surface area contributed by atoms with Crippen molar-refractivity contribution >= 4 is 38.4 Å². The van der Waals surface area contributed by atoms with E-state index in [1.165, 1.54) is 42.8 Å². The number of aliphatic hydroxyl groups excluding tert-OH is 1. The number of anilines is 1. The monoisotopic (exact) mass is 506 g/mol. The Morgan fingerprint density at radius 3 is 2.64 bits per heavy atom. The van der Waals surface area contributed by atoms with Crippen molar-refractivity contribution in [3.8, 4) is 17.2 Å². The van der Waals surface area contributed by atoms with Crippen molar-refractivity contribution in [1.82, 2.24) is 4.98 Å². The molecule has 1 aliphatic heterocycles. The highest BCUT2D eigenvalue weighted by atomic mass is 32.1. The third-order valence-electron chi connectivity index (χ3n) is 5.79. The molecule has 0 saturated carbocycles. The van der Waals surface area contributed by atoms with E-state index >= 15 is 0 Å². The van der Waals surface area contributed by atoms with Gasteiger partial charge in [-0.2, -0.15) is 0 Å². The molecule has 184 valence electrons. The van der Waals surface area contributed by atoms with Crippen LogP contribution < -0.4 is 19.1 Å². The molecule has 2 aromatic heterocycles. The van der Waals surface area contributed by atoms with Gasteiger partial charge < -0.3 is 23.7 Å². The fourth-order valence-electron chi connectivity index (χ4n) is 4.17. The van der Waals surface area contributed by atoms with Crippen LogP contribution in [0.3, 0.4) is 0 Å². The summed E-state index contributed by atoms with van der Waals surface area (Å²) in [5, 5.41) is 11.3. The zero-order valence-electron chi connectivity index (χ0n) is 19.7. The van der Waals surface area contributed by atoms with Gasteiger partial charge in [-0.25, -0.2) is 4.98 Å². The maximum absolute atomic E-state index is 13.4. The van der Waals surface area contributed by atoms with Crippen LogP contribution in [-0.2, 0) is 4.79 Å². The summed E-state index contributed by atoms with van der Waals surface area (Å²) in [6, 6.07) is 12.6. The maximum Gasteiger partial charge on any atom is 0.296 e. The number of benzene rings is 2. The SMILES string of the molecule is CCOc1ccc2nc(N3C(=O)C(O)=C(C(=O)c4ccco4)C3c3ccc(OC)c(OC)c3)sc2c1. The van der Waals surface area contributed by atoms with Crippen molar-refractivity contribution in [3.63, 3.8) is 0 Å². The van der Waals surface area contributed by atoms with Crippen molar-refractivity contribution in [2.24, 2.45) is 0 Å². The molecule has 1 amide bonds. The lowest BCUT2D eigenvalue weighted by Gasteiger charge is -2.25. The number of Topliss-reactive ketones (excluding diaryl/α,β-unsaturated/α-hetero) is 1. The van der Waals surface area contributed by atoms with Crippen LogP contribution in [0.4, 0.5) is 5.13 Å². The molecular formula is C26H22N2O7S. The van der Waals surface area contributed by atoms with Gasteiger partial charge in [0.25, 0.3) is 5.91 Å². The second-order valence-electron chi connectivity index (χ2n) is 7.82.